The Labute approximate surface area is 202 Å². The number of carbonyl (C=O) groups excluding carboxylic acids is 1. The molecule has 3 aromatic rings. The van der Waals surface area contributed by atoms with Gasteiger partial charge in [0.05, 0.1) is 10.9 Å². The van der Waals surface area contributed by atoms with E-state index in [9.17, 15) is 13.2 Å². The summed E-state index contributed by atoms with van der Waals surface area (Å²) in [5, 5.41) is 3.15. The van der Waals surface area contributed by atoms with Gasteiger partial charge in [0.15, 0.2) is 0 Å². The molecule has 0 aromatic heterocycles. The molecule has 3 aromatic carbocycles. The van der Waals surface area contributed by atoms with Gasteiger partial charge in [-0.2, -0.15) is 4.31 Å². The van der Waals surface area contributed by atoms with Crippen molar-refractivity contribution in [3.05, 3.63) is 101 Å². The predicted molar refractivity (Wildman–Crippen MR) is 135 cm³/mol. The zero-order valence-electron chi connectivity index (χ0n) is 19.8. The summed E-state index contributed by atoms with van der Waals surface area (Å²) in [6, 6.07) is 22.4. The molecule has 4 rings (SSSR count). The first-order valence-electron chi connectivity index (χ1n) is 11.9. The van der Waals surface area contributed by atoms with Crippen LogP contribution in [0.4, 0.5) is 0 Å². The highest BCUT2D eigenvalue weighted by Gasteiger charge is 2.28. The molecule has 1 saturated heterocycles. The molecule has 34 heavy (non-hydrogen) atoms. The average Bonchev–Trinajstić information content (AvgIpc) is 3.14. The Morgan fingerprint density at radius 2 is 1.47 bits per heavy atom. The van der Waals surface area contributed by atoms with Crippen LogP contribution in [0.15, 0.2) is 77.7 Å². The van der Waals surface area contributed by atoms with Gasteiger partial charge in [-0.3, -0.25) is 4.79 Å². The van der Waals surface area contributed by atoms with Gasteiger partial charge in [-0.15, -0.1) is 0 Å². The second-order valence-electron chi connectivity index (χ2n) is 8.97. The molecule has 1 amide bonds. The minimum Gasteiger partial charge on any atom is -0.341 e. The summed E-state index contributed by atoms with van der Waals surface area (Å²) in [6.45, 7) is 4.87. The molecule has 0 saturated carbocycles. The minimum atomic E-state index is -3.66. The SMILES string of the molecule is Cc1ccccc1[C@H](NC(=O)c1ccc(C)c(S(=O)(=O)N2CCCCCC2)c1)c1ccccc1. The highest BCUT2D eigenvalue weighted by atomic mass is 32.2. The van der Waals surface area contributed by atoms with Gasteiger partial charge < -0.3 is 5.32 Å². The molecule has 1 N–H and O–H groups in total. The number of hydrogen-bond acceptors (Lipinski definition) is 3. The van der Waals surface area contributed by atoms with Crippen molar-refractivity contribution >= 4 is 15.9 Å². The van der Waals surface area contributed by atoms with Crippen LogP contribution in [0.3, 0.4) is 0 Å². The van der Waals surface area contributed by atoms with Gasteiger partial charge in [-0.1, -0.05) is 73.5 Å². The number of hydrogen-bond donors (Lipinski definition) is 1. The molecule has 0 bridgehead atoms. The second kappa shape index (κ2) is 10.5. The third-order valence-corrected chi connectivity index (χ3v) is 8.58. The summed E-state index contributed by atoms with van der Waals surface area (Å²) in [5.41, 5.74) is 4.04. The second-order valence-corrected chi connectivity index (χ2v) is 10.9. The zero-order chi connectivity index (χ0) is 24.1. The van der Waals surface area contributed by atoms with Crippen molar-refractivity contribution in [1.82, 2.24) is 9.62 Å². The van der Waals surface area contributed by atoms with Crippen LogP contribution in [-0.4, -0.2) is 31.7 Å². The average molecular weight is 477 g/mol. The number of amides is 1. The number of benzene rings is 3. The fourth-order valence-electron chi connectivity index (χ4n) is 4.55. The minimum absolute atomic E-state index is 0.217. The van der Waals surface area contributed by atoms with E-state index in [1.54, 1.807) is 23.4 Å². The van der Waals surface area contributed by atoms with Crippen LogP contribution in [0.25, 0.3) is 0 Å². The Hall–Kier alpha value is -2.96. The lowest BCUT2D eigenvalue weighted by Crippen LogP contribution is -2.33. The molecular formula is C28H32N2O3S. The molecule has 5 nitrogen and oxygen atoms in total. The van der Waals surface area contributed by atoms with Crippen LogP contribution >= 0.6 is 0 Å². The van der Waals surface area contributed by atoms with Crippen molar-refractivity contribution in [2.24, 2.45) is 0 Å². The number of nitrogens with one attached hydrogen (secondary N) is 1. The van der Waals surface area contributed by atoms with Gasteiger partial charge in [-0.05, 0) is 61.1 Å². The van der Waals surface area contributed by atoms with Gasteiger partial charge in [0.25, 0.3) is 5.91 Å². The Morgan fingerprint density at radius 1 is 0.824 bits per heavy atom. The Kier molecular flexibility index (Phi) is 7.49. The maximum Gasteiger partial charge on any atom is 0.252 e. The monoisotopic (exact) mass is 476 g/mol. The van der Waals surface area contributed by atoms with Crippen molar-refractivity contribution in [2.75, 3.05) is 13.1 Å². The van der Waals surface area contributed by atoms with Gasteiger partial charge in [0.2, 0.25) is 10.0 Å². The number of nitrogens with zero attached hydrogens (tertiary/aromatic N) is 1. The molecule has 1 aliphatic heterocycles. The van der Waals surface area contributed by atoms with E-state index in [-0.39, 0.29) is 16.8 Å². The summed E-state index contributed by atoms with van der Waals surface area (Å²) in [7, 11) is -3.66. The molecule has 6 heteroatoms. The van der Waals surface area contributed by atoms with E-state index in [1.165, 1.54) is 6.07 Å². The van der Waals surface area contributed by atoms with Crippen LogP contribution in [0.5, 0.6) is 0 Å². The first-order valence-corrected chi connectivity index (χ1v) is 13.3. The fraction of sp³-hybridized carbons (Fsp3) is 0.321. The summed E-state index contributed by atoms with van der Waals surface area (Å²) >= 11 is 0. The lowest BCUT2D eigenvalue weighted by atomic mass is 9.94. The first kappa shape index (κ1) is 24.2. The standard InChI is InChI=1S/C28H32N2O3S/c1-21-12-8-9-15-25(21)27(23-13-6-5-7-14-23)29-28(31)24-17-16-22(2)26(20-24)34(32,33)30-18-10-3-4-11-19-30/h5-9,12-17,20,27H,3-4,10-11,18-19H2,1-2H3,(H,29,31)/t27-/m1/s1. The van der Waals surface area contributed by atoms with Crippen molar-refractivity contribution in [1.29, 1.82) is 0 Å². The maximum atomic E-state index is 13.4. The summed E-state index contributed by atoms with van der Waals surface area (Å²) < 4.78 is 28.5. The molecule has 0 spiro atoms. The molecular weight excluding hydrogens is 444 g/mol. The smallest absolute Gasteiger partial charge is 0.252 e. The van der Waals surface area contributed by atoms with Crippen LogP contribution in [0, 0.1) is 13.8 Å². The summed E-state index contributed by atoms with van der Waals surface area (Å²) in [4.78, 5) is 13.6. The van der Waals surface area contributed by atoms with Crippen LogP contribution in [0.1, 0.15) is 64.3 Å². The van der Waals surface area contributed by atoms with E-state index in [0.29, 0.717) is 24.2 Å². The Morgan fingerprint density at radius 3 is 2.15 bits per heavy atom. The van der Waals surface area contributed by atoms with Crippen molar-refractivity contribution in [3.63, 3.8) is 0 Å². The molecule has 0 radical (unpaired) electrons. The van der Waals surface area contributed by atoms with E-state index in [1.807, 2.05) is 61.5 Å². The highest BCUT2D eigenvalue weighted by Crippen LogP contribution is 2.27. The third-order valence-electron chi connectivity index (χ3n) is 6.54. The van der Waals surface area contributed by atoms with Crippen molar-refractivity contribution in [3.8, 4) is 0 Å². The molecule has 1 heterocycles. The summed E-state index contributed by atoms with van der Waals surface area (Å²) in [5.74, 6) is -0.301. The van der Waals surface area contributed by atoms with Crippen LogP contribution in [0.2, 0.25) is 0 Å². The number of sulfonamides is 1. The normalized spacial score (nSPS) is 15.9. The quantitative estimate of drug-likeness (QED) is 0.519. The molecule has 0 aliphatic carbocycles. The highest BCUT2D eigenvalue weighted by molar-refractivity contribution is 7.89. The summed E-state index contributed by atoms with van der Waals surface area (Å²) in [6.07, 6.45) is 3.84. The molecule has 1 fully saturated rings. The van der Waals surface area contributed by atoms with Crippen LogP contribution < -0.4 is 5.32 Å². The van der Waals surface area contributed by atoms with Gasteiger partial charge in [0.1, 0.15) is 0 Å². The van der Waals surface area contributed by atoms with Crippen LogP contribution in [-0.2, 0) is 10.0 Å². The van der Waals surface area contributed by atoms with E-state index in [2.05, 4.69) is 5.32 Å². The van der Waals surface area contributed by atoms with Gasteiger partial charge in [0, 0.05) is 18.7 Å². The largest absolute Gasteiger partial charge is 0.341 e. The van der Waals surface area contributed by atoms with E-state index in [4.69, 9.17) is 0 Å². The first-order chi connectivity index (χ1) is 16.4. The Bertz CT molecular complexity index is 1250. The van der Waals surface area contributed by atoms with Crippen molar-refractivity contribution in [2.45, 2.75) is 50.5 Å². The van der Waals surface area contributed by atoms with E-state index in [0.717, 1.165) is 42.4 Å². The van der Waals surface area contributed by atoms with Crippen molar-refractivity contribution < 1.29 is 13.2 Å². The predicted octanol–water partition coefficient (Wildman–Crippen LogP) is 5.39. The van der Waals surface area contributed by atoms with Gasteiger partial charge in [-0.25, -0.2) is 8.42 Å². The van der Waals surface area contributed by atoms with E-state index < -0.39 is 10.0 Å². The molecule has 1 atom stereocenters. The molecule has 0 unspecified atom stereocenters. The topological polar surface area (TPSA) is 66.5 Å². The van der Waals surface area contributed by atoms with E-state index >= 15 is 0 Å². The fourth-order valence-corrected chi connectivity index (χ4v) is 6.32. The zero-order valence-corrected chi connectivity index (χ0v) is 20.6. The Balaban J connectivity index is 1.66. The lowest BCUT2D eigenvalue weighted by Gasteiger charge is -2.23. The number of carbonyl (C=O) groups is 1. The maximum absolute atomic E-state index is 13.4. The third kappa shape index (κ3) is 5.24. The lowest BCUT2D eigenvalue weighted by molar-refractivity contribution is 0.0942. The number of rotatable bonds is 6. The number of aryl methyl sites for hydroxylation is 2. The van der Waals surface area contributed by atoms with Gasteiger partial charge >= 0.3 is 0 Å². The molecule has 1 aliphatic rings. The molecule has 178 valence electrons.